The largest absolute Gasteiger partial charge is 0.325 e. The number of hydrogen-bond acceptors (Lipinski definition) is 3. The summed E-state index contributed by atoms with van der Waals surface area (Å²) in [7, 11) is 0. The molecule has 1 rings (SSSR count). The van der Waals surface area contributed by atoms with Crippen molar-refractivity contribution in [2.75, 3.05) is 6.54 Å². The first-order valence-electron chi connectivity index (χ1n) is 4.22. The monoisotopic (exact) mass is 216 g/mol. The van der Waals surface area contributed by atoms with E-state index in [-0.39, 0.29) is 16.8 Å². The second-order valence-corrected chi connectivity index (χ2v) is 3.16. The third-order valence-corrected chi connectivity index (χ3v) is 2.08. The number of nitro benzene ring substituents is 1. The Labute approximate surface area is 84.9 Å². The fourth-order valence-electron chi connectivity index (χ4n) is 1.23. The van der Waals surface area contributed by atoms with E-state index in [0.29, 0.717) is 0 Å². The van der Waals surface area contributed by atoms with Crippen LogP contribution in [0.25, 0.3) is 0 Å². The van der Waals surface area contributed by atoms with Gasteiger partial charge in [-0.2, -0.15) is 8.78 Å². The highest BCUT2D eigenvalue weighted by Crippen LogP contribution is 2.31. The molecule has 0 saturated carbocycles. The highest BCUT2D eigenvalue weighted by atomic mass is 19.3. The summed E-state index contributed by atoms with van der Waals surface area (Å²) in [5.41, 5.74) is 4.45. The van der Waals surface area contributed by atoms with Gasteiger partial charge in [0, 0.05) is 17.7 Å². The van der Waals surface area contributed by atoms with Gasteiger partial charge in [0.05, 0.1) is 11.5 Å². The molecule has 0 amide bonds. The zero-order valence-corrected chi connectivity index (χ0v) is 8.04. The second-order valence-electron chi connectivity index (χ2n) is 3.16. The Balaban J connectivity index is 3.28. The topological polar surface area (TPSA) is 69.2 Å². The zero-order chi connectivity index (χ0) is 11.6. The molecule has 0 aliphatic rings. The molecule has 0 unspecified atom stereocenters. The maximum absolute atomic E-state index is 13.2. The summed E-state index contributed by atoms with van der Waals surface area (Å²) in [6, 6.07) is 3.34. The van der Waals surface area contributed by atoms with Gasteiger partial charge < -0.3 is 5.73 Å². The van der Waals surface area contributed by atoms with Crippen LogP contribution >= 0.6 is 0 Å². The standard InChI is InChI=1S/C9H10F2N2O2/c1-6-2-3-7(13(14)15)4-8(6)9(10,11)5-12/h2-4H,5,12H2,1H3. The Morgan fingerprint density at radius 1 is 1.53 bits per heavy atom. The summed E-state index contributed by atoms with van der Waals surface area (Å²) in [5.74, 6) is -3.23. The zero-order valence-electron chi connectivity index (χ0n) is 8.04. The van der Waals surface area contributed by atoms with Crippen LogP contribution in [0.15, 0.2) is 18.2 Å². The molecular weight excluding hydrogens is 206 g/mol. The molecule has 1 aromatic carbocycles. The molecule has 0 bridgehead atoms. The van der Waals surface area contributed by atoms with E-state index < -0.39 is 17.4 Å². The first kappa shape index (κ1) is 11.5. The van der Waals surface area contributed by atoms with E-state index in [2.05, 4.69) is 0 Å². The van der Waals surface area contributed by atoms with Crippen LogP contribution in [-0.2, 0) is 5.92 Å². The summed E-state index contributed by atoms with van der Waals surface area (Å²) < 4.78 is 26.5. The molecule has 0 fully saturated rings. The minimum absolute atomic E-state index is 0.288. The molecule has 0 atom stereocenters. The van der Waals surface area contributed by atoms with Crippen LogP contribution < -0.4 is 5.73 Å². The van der Waals surface area contributed by atoms with Gasteiger partial charge in [0.2, 0.25) is 0 Å². The van der Waals surface area contributed by atoms with Gasteiger partial charge in [-0.1, -0.05) is 6.07 Å². The molecule has 0 heterocycles. The van der Waals surface area contributed by atoms with Crippen molar-refractivity contribution in [3.05, 3.63) is 39.4 Å². The average Bonchev–Trinajstić information content (AvgIpc) is 2.17. The third kappa shape index (κ3) is 2.27. The maximum Gasteiger partial charge on any atom is 0.285 e. The van der Waals surface area contributed by atoms with Gasteiger partial charge in [0.25, 0.3) is 11.6 Å². The van der Waals surface area contributed by atoms with E-state index >= 15 is 0 Å². The predicted octanol–water partition coefficient (Wildman–Crippen LogP) is 1.95. The number of aryl methyl sites for hydroxylation is 1. The maximum atomic E-state index is 13.2. The van der Waals surface area contributed by atoms with Crippen molar-refractivity contribution < 1.29 is 13.7 Å². The van der Waals surface area contributed by atoms with E-state index in [9.17, 15) is 18.9 Å². The molecule has 0 aromatic heterocycles. The van der Waals surface area contributed by atoms with Gasteiger partial charge in [-0.3, -0.25) is 10.1 Å². The predicted molar refractivity (Wildman–Crippen MR) is 50.8 cm³/mol. The van der Waals surface area contributed by atoms with Crippen LogP contribution in [0.1, 0.15) is 11.1 Å². The third-order valence-electron chi connectivity index (χ3n) is 2.08. The molecule has 4 nitrogen and oxygen atoms in total. The molecule has 0 radical (unpaired) electrons. The lowest BCUT2D eigenvalue weighted by atomic mass is 10.0. The van der Waals surface area contributed by atoms with E-state index in [1.165, 1.54) is 19.1 Å². The van der Waals surface area contributed by atoms with Crippen molar-refractivity contribution in [3.8, 4) is 0 Å². The fourth-order valence-corrected chi connectivity index (χ4v) is 1.23. The fraction of sp³-hybridized carbons (Fsp3) is 0.333. The van der Waals surface area contributed by atoms with Crippen molar-refractivity contribution in [1.82, 2.24) is 0 Å². The molecule has 0 aliphatic carbocycles. The second kappa shape index (κ2) is 3.90. The van der Waals surface area contributed by atoms with Crippen molar-refractivity contribution in [2.45, 2.75) is 12.8 Å². The summed E-state index contributed by atoms with van der Waals surface area (Å²) in [6.07, 6.45) is 0. The van der Waals surface area contributed by atoms with Crippen LogP contribution in [0.2, 0.25) is 0 Å². The van der Waals surface area contributed by atoms with Crippen molar-refractivity contribution >= 4 is 5.69 Å². The van der Waals surface area contributed by atoms with E-state index in [0.717, 1.165) is 6.07 Å². The minimum atomic E-state index is -3.23. The van der Waals surface area contributed by atoms with Gasteiger partial charge in [-0.05, 0) is 12.5 Å². The van der Waals surface area contributed by atoms with Crippen molar-refractivity contribution in [1.29, 1.82) is 0 Å². The lowest BCUT2D eigenvalue weighted by Gasteiger charge is -2.16. The molecule has 0 aliphatic heterocycles. The lowest BCUT2D eigenvalue weighted by Crippen LogP contribution is -2.26. The number of alkyl halides is 2. The van der Waals surface area contributed by atoms with Crippen LogP contribution in [0.4, 0.5) is 14.5 Å². The number of nitrogens with two attached hydrogens (primary N) is 1. The number of hydrogen-bond donors (Lipinski definition) is 1. The molecule has 6 heteroatoms. The Kier molecular flexibility index (Phi) is 2.99. The molecule has 15 heavy (non-hydrogen) atoms. The van der Waals surface area contributed by atoms with Crippen LogP contribution in [0.3, 0.4) is 0 Å². The van der Waals surface area contributed by atoms with Crippen LogP contribution in [0, 0.1) is 17.0 Å². The van der Waals surface area contributed by atoms with E-state index in [1.54, 1.807) is 0 Å². The summed E-state index contributed by atoms with van der Waals surface area (Å²) >= 11 is 0. The summed E-state index contributed by atoms with van der Waals surface area (Å²) in [5, 5.41) is 10.4. The first-order chi connectivity index (χ1) is 6.88. The van der Waals surface area contributed by atoms with Gasteiger partial charge in [-0.25, -0.2) is 0 Å². The number of nitro groups is 1. The number of benzene rings is 1. The number of halogens is 2. The molecule has 2 N–H and O–H groups in total. The lowest BCUT2D eigenvalue weighted by molar-refractivity contribution is -0.385. The smallest absolute Gasteiger partial charge is 0.285 e. The Morgan fingerprint density at radius 3 is 2.60 bits per heavy atom. The normalized spacial score (nSPS) is 11.5. The van der Waals surface area contributed by atoms with Gasteiger partial charge in [0.1, 0.15) is 0 Å². The first-order valence-corrected chi connectivity index (χ1v) is 4.22. The highest BCUT2D eigenvalue weighted by molar-refractivity contribution is 5.41. The average molecular weight is 216 g/mol. The van der Waals surface area contributed by atoms with Crippen molar-refractivity contribution in [2.24, 2.45) is 5.73 Å². The molecule has 0 spiro atoms. The van der Waals surface area contributed by atoms with Crippen LogP contribution in [-0.4, -0.2) is 11.5 Å². The summed E-state index contributed by atoms with van der Waals surface area (Å²) in [6.45, 7) is 0.595. The molecule has 1 aromatic rings. The Morgan fingerprint density at radius 2 is 2.13 bits per heavy atom. The van der Waals surface area contributed by atoms with E-state index in [1.807, 2.05) is 0 Å². The number of non-ortho nitro benzene ring substituents is 1. The highest BCUT2D eigenvalue weighted by Gasteiger charge is 2.32. The molecular formula is C9H10F2N2O2. The molecule has 0 saturated heterocycles. The van der Waals surface area contributed by atoms with Gasteiger partial charge >= 0.3 is 0 Å². The van der Waals surface area contributed by atoms with Crippen molar-refractivity contribution in [3.63, 3.8) is 0 Å². The number of rotatable bonds is 3. The Bertz CT molecular complexity index is 394. The molecule has 82 valence electrons. The van der Waals surface area contributed by atoms with Crippen LogP contribution in [0.5, 0.6) is 0 Å². The Hall–Kier alpha value is -1.56. The van der Waals surface area contributed by atoms with E-state index in [4.69, 9.17) is 5.73 Å². The SMILES string of the molecule is Cc1ccc([N+](=O)[O-])cc1C(F)(F)CN. The summed E-state index contributed by atoms with van der Waals surface area (Å²) in [4.78, 5) is 9.70. The quantitative estimate of drug-likeness (QED) is 0.620. The van der Waals surface area contributed by atoms with Gasteiger partial charge in [-0.15, -0.1) is 0 Å². The minimum Gasteiger partial charge on any atom is -0.325 e. The van der Waals surface area contributed by atoms with Gasteiger partial charge in [0.15, 0.2) is 0 Å². The number of nitrogens with zero attached hydrogens (tertiary/aromatic N) is 1.